The molecule has 0 aromatic carbocycles. The highest BCUT2D eigenvalue weighted by molar-refractivity contribution is 5.88. The third-order valence-electron chi connectivity index (χ3n) is 3.31. The van der Waals surface area contributed by atoms with Gasteiger partial charge in [-0.3, -0.25) is 0 Å². The minimum absolute atomic E-state index is 0.245. The molecule has 0 saturated heterocycles. The minimum Gasteiger partial charge on any atom is -0.462 e. The number of hydrogen-bond acceptors (Lipinski definition) is 3. The van der Waals surface area contributed by atoms with Crippen LogP contribution in [-0.4, -0.2) is 12.6 Å². The molecule has 0 fully saturated rings. The molecule has 112 valence electrons. The fourth-order valence-corrected chi connectivity index (χ4v) is 2.07. The molecule has 0 unspecified atom stereocenters. The second-order valence-electron chi connectivity index (χ2n) is 5.13. The van der Waals surface area contributed by atoms with Crippen molar-refractivity contribution in [1.82, 2.24) is 0 Å². The zero-order chi connectivity index (χ0) is 14.5. The van der Waals surface area contributed by atoms with E-state index in [1.165, 1.54) is 38.5 Å². The van der Waals surface area contributed by atoms with Gasteiger partial charge in [-0.05, 0) is 19.8 Å². The molecule has 3 heteroatoms. The van der Waals surface area contributed by atoms with Gasteiger partial charge in [-0.1, -0.05) is 58.8 Å². The quantitative estimate of drug-likeness (QED) is 0.345. The maximum Gasteiger partial charge on any atom is 0.335 e. The van der Waals surface area contributed by atoms with Crippen LogP contribution in [-0.2, 0) is 9.53 Å². The van der Waals surface area contributed by atoms with Gasteiger partial charge < -0.3 is 10.5 Å². The van der Waals surface area contributed by atoms with E-state index in [1.807, 2.05) is 6.92 Å². The lowest BCUT2D eigenvalue weighted by molar-refractivity contribution is -0.139. The summed E-state index contributed by atoms with van der Waals surface area (Å²) in [6.45, 7) is 6.42. The fraction of sp³-hybridized carbons (Fsp3) is 0.812. The Morgan fingerprint density at radius 3 is 1.95 bits per heavy atom. The molecule has 0 amide bonds. The molecule has 0 rings (SSSR count). The highest BCUT2D eigenvalue weighted by Gasteiger charge is 2.10. The molecule has 0 aliphatic carbocycles. The molecule has 0 atom stereocenters. The van der Waals surface area contributed by atoms with Gasteiger partial charge in [0.05, 0.1) is 12.2 Å². The number of hydrogen-bond donors (Lipinski definition) is 1. The van der Waals surface area contributed by atoms with Gasteiger partial charge in [0.15, 0.2) is 0 Å². The Morgan fingerprint density at radius 1 is 0.947 bits per heavy atom. The van der Waals surface area contributed by atoms with Crippen LogP contribution in [0.15, 0.2) is 11.3 Å². The Kier molecular flexibility index (Phi) is 11.4. The van der Waals surface area contributed by atoms with Crippen molar-refractivity contribution in [3.8, 4) is 0 Å². The van der Waals surface area contributed by atoms with Crippen molar-refractivity contribution in [3.05, 3.63) is 11.3 Å². The fourth-order valence-electron chi connectivity index (χ4n) is 2.07. The molecule has 3 nitrogen and oxygen atoms in total. The number of rotatable bonds is 11. The van der Waals surface area contributed by atoms with Crippen LogP contribution in [0.5, 0.6) is 0 Å². The van der Waals surface area contributed by atoms with Gasteiger partial charge >= 0.3 is 5.97 Å². The number of allylic oxidation sites excluding steroid dienone is 1. The Balaban J connectivity index is 3.49. The molecular weight excluding hydrogens is 238 g/mol. The van der Waals surface area contributed by atoms with Gasteiger partial charge in [0.1, 0.15) is 0 Å². The van der Waals surface area contributed by atoms with Crippen LogP contribution in [0.3, 0.4) is 0 Å². The standard InChI is InChI=1S/C16H31NO2/c1-4-6-7-8-9-10-11-12-13-19-16(18)15(5-2)14(3)17/h4-13,17H2,1-3H3/b15-14+. The van der Waals surface area contributed by atoms with E-state index in [9.17, 15) is 4.79 Å². The Hall–Kier alpha value is -0.990. The lowest BCUT2D eigenvalue weighted by Crippen LogP contribution is -2.13. The van der Waals surface area contributed by atoms with E-state index in [1.54, 1.807) is 6.92 Å². The third kappa shape index (κ3) is 9.57. The van der Waals surface area contributed by atoms with Crippen LogP contribution in [0, 0.1) is 0 Å². The van der Waals surface area contributed by atoms with Crippen molar-refractivity contribution < 1.29 is 9.53 Å². The topological polar surface area (TPSA) is 52.3 Å². The van der Waals surface area contributed by atoms with E-state index in [2.05, 4.69) is 6.92 Å². The van der Waals surface area contributed by atoms with Gasteiger partial charge in [-0.25, -0.2) is 4.79 Å². The van der Waals surface area contributed by atoms with E-state index >= 15 is 0 Å². The SMILES string of the molecule is CCCCCCCCCCOC(=O)/C(CC)=C(\C)N. The summed E-state index contributed by atoms with van der Waals surface area (Å²) in [7, 11) is 0. The van der Waals surface area contributed by atoms with Gasteiger partial charge in [0.2, 0.25) is 0 Å². The maximum absolute atomic E-state index is 11.7. The summed E-state index contributed by atoms with van der Waals surface area (Å²) in [6, 6.07) is 0. The first-order chi connectivity index (χ1) is 9.13. The lowest BCUT2D eigenvalue weighted by Gasteiger charge is -2.08. The van der Waals surface area contributed by atoms with Crippen molar-refractivity contribution in [1.29, 1.82) is 0 Å². The van der Waals surface area contributed by atoms with Crippen molar-refractivity contribution in [2.75, 3.05) is 6.61 Å². The highest BCUT2D eigenvalue weighted by atomic mass is 16.5. The average molecular weight is 269 g/mol. The summed E-state index contributed by atoms with van der Waals surface area (Å²) in [6.07, 6.45) is 10.6. The molecule has 2 N–H and O–H groups in total. The van der Waals surface area contributed by atoms with E-state index in [0.717, 1.165) is 12.8 Å². The van der Waals surface area contributed by atoms with Gasteiger partial charge in [0.25, 0.3) is 0 Å². The third-order valence-corrected chi connectivity index (χ3v) is 3.31. The molecular formula is C16H31NO2. The summed E-state index contributed by atoms with van der Waals surface area (Å²) in [5.74, 6) is -0.245. The van der Waals surface area contributed by atoms with Crippen LogP contribution in [0.2, 0.25) is 0 Å². The molecule has 0 aromatic rings. The summed E-state index contributed by atoms with van der Waals surface area (Å²) in [4.78, 5) is 11.7. The van der Waals surface area contributed by atoms with E-state index in [-0.39, 0.29) is 5.97 Å². The molecule has 19 heavy (non-hydrogen) atoms. The normalized spacial score (nSPS) is 12.2. The van der Waals surface area contributed by atoms with Crippen molar-refractivity contribution >= 4 is 5.97 Å². The number of unbranched alkanes of at least 4 members (excludes halogenated alkanes) is 7. The molecule has 0 spiro atoms. The van der Waals surface area contributed by atoms with Crippen molar-refractivity contribution in [2.24, 2.45) is 5.73 Å². The molecule has 0 aliphatic rings. The second kappa shape index (κ2) is 12.1. The number of carbonyl (C=O) groups excluding carboxylic acids is 1. The molecule has 0 bridgehead atoms. The van der Waals surface area contributed by atoms with E-state index in [0.29, 0.717) is 24.3 Å². The summed E-state index contributed by atoms with van der Waals surface area (Å²) in [5, 5.41) is 0. The summed E-state index contributed by atoms with van der Waals surface area (Å²) < 4.78 is 5.22. The zero-order valence-corrected chi connectivity index (χ0v) is 13.0. The van der Waals surface area contributed by atoms with Gasteiger partial charge in [-0.15, -0.1) is 0 Å². The first kappa shape index (κ1) is 18.0. The first-order valence-electron chi connectivity index (χ1n) is 7.75. The largest absolute Gasteiger partial charge is 0.462 e. The Bertz CT molecular complexity index is 268. The smallest absolute Gasteiger partial charge is 0.335 e. The average Bonchev–Trinajstić information content (AvgIpc) is 2.37. The lowest BCUT2D eigenvalue weighted by atomic mass is 10.1. The molecule has 0 radical (unpaired) electrons. The van der Waals surface area contributed by atoms with Crippen LogP contribution in [0.1, 0.15) is 78.6 Å². The van der Waals surface area contributed by atoms with Gasteiger partial charge in [-0.2, -0.15) is 0 Å². The van der Waals surface area contributed by atoms with Gasteiger partial charge in [0, 0.05) is 5.70 Å². The molecule has 0 aromatic heterocycles. The summed E-state index contributed by atoms with van der Waals surface area (Å²) >= 11 is 0. The monoisotopic (exact) mass is 269 g/mol. The Morgan fingerprint density at radius 2 is 1.47 bits per heavy atom. The van der Waals surface area contributed by atoms with Crippen LogP contribution >= 0.6 is 0 Å². The second-order valence-corrected chi connectivity index (χ2v) is 5.13. The molecule has 0 aliphatic heterocycles. The zero-order valence-electron chi connectivity index (χ0n) is 13.0. The predicted octanol–water partition coefficient (Wildman–Crippen LogP) is 4.31. The first-order valence-corrected chi connectivity index (χ1v) is 7.75. The summed E-state index contributed by atoms with van der Waals surface area (Å²) in [5.41, 5.74) is 6.82. The van der Waals surface area contributed by atoms with Crippen LogP contribution in [0.25, 0.3) is 0 Å². The molecule has 0 heterocycles. The van der Waals surface area contributed by atoms with E-state index < -0.39 is 0 Å². The maximum atomic E-state index is 11.7. The van der Waals surface area contributed by atoms with E-state index in [4.69, 9.17) is 10.5 Å². The Labute approximate surface area is 118 Å². The number of nitrogens with two attached hydrogens (primary N) is 1. The number of esters is 1. The number of ether oxygens (including phenoxy) is 1. The molecule has 0 saturated carbocycles. The highest BCUT2D eigenvalue weighted by Crippen LogP contribution is 2.10. The van der Waals surface area contributed by atoms with Crippen molar-refractivity contribution in [2.45, 2.75) is 78.6 Å². The van der Waals surface area contributed by atoms with Crippen LogP contribution < -0.4 is 5.73 Å². The van der Waals surface area contributed by atoms with Crippen LogP contribution in [0.4, 0.5) is 0 Å². The number of carbonyl (C=O) groups is 1. The van der Waals surface area contributed by atoms with Crippen molar-refractivity contribution in [3.63, 3.8) is 0 Å². The predicted molar refractivity (Wildman–Crippen MR) is 80.7 cm³/mol. The minimum atomic E-state index is -0.245.